The zero-order valence-corrected chi connectivity index (χ0v) is 15.9. The SMILES string of the molecule is CCCCCCCCc1ccc(CCN2CCC(OC)CC2)cc1. The van der Waals surface area contributed by atoms with Gasteiger partial charge in [0.05, 0.1) is 6.10 Å². The Morgan fingerprint density at radius 2 is 1.46 bits per heavy atom. The molecule has 1 saturated heterocycles. The number of likely N-dealkylation sites (tertiary alicyclic amines) is 1. The monoisotopic (exact) mass is 331 g/mol. The highest BCUT2D eigenvalue weighted by Crippen LogP contribution is 2.15. The van der Waals surface area contributed by atoms with E-state index in [2.05, 4.69) is 36.1 Å². The molecule has 1 aromatic rings. The molecule has 1 aliphatic rings. The van der Waals surface area contributed by atoms with Gasteiger partial charge in [0.2, 0.25) is 0 Å². The summed E-state index contributed by atoms with van der Waals surface area (Å²) in [7, 11) is 1.84. The lowest BCUT2D eigenvalue weighted by Crippen LogP contribution is -2.37. The molecule has 1 heterocycles. The van der Waals surface area contributed by atoms with Gasteiger partial charge < -0.3 is 9.64 Å². The normalized spacial score (nSPS) is 16.6. The van der Waals surface area contributed by atoms with Crippen LogP contribution in [0, 0.1) is 0 Å². The van der Waals surface area contributed by atoms with Crippen molar-refractivity contribution in [2.45, 2.75) is 77.2 Å². The van der Waals surface area contributed by atoms with Crippen LogP contribution < -0.4 is 0 Å². The van der Waals surface area contributed by atoms with Gasteiger partial charge in [0.15, 0.2) is 0 Å². The Bertz CT molecular complexity index is 420. The molecule has 2 rings (SSSR count). The molecule has 0 bridgehead atoms. The smallest absolute Gasteiger partial charge is 0.0595 e. The molecule has 24 heavy (non-hydrogen) atoms. The fourth-order valence-corrected chi connectivity index (χ4v) is 3.64. The molecule has 2 heteroatoms. The Morgan fingerprint density at radius 3 is 2.08 bits per heavy atom. The zero-order chi connectivity index (χ0) is 17.0. The number of aryl methyl sites for hydroxylation is 1. The number of rotatable bonds is 11. The lowest BCUT2D eigenvalue weighted by molar-refractivity contribution is 0.0415. The largest absolute Gasteiger partial charge is 0.381 e. The van der Waals surface area contributed by atoms with Crippen molar-refractivity contribution in [1.82, 2.24) is 4.90 Å². The zero-order valence-electron chi connectivity index (χ0n) is 15.9. The Balaban J connectivity index is 1.60. The van der Waals surface area contributed by atoms with Crippen molar-refractivity contribution >= 4 is 0 Å². The Labute approximate surface area is 149 Å². The van der Waals surface area contributed by atoms with E-state index in [0.29, 0.717) is 6.10 Å². The molecule has 0 radical (unpaired) electrons. The molecule has 1 aromatic carbocycles. The third-order valence-corrected chi connectivity index (χ3v) is 5.43. The number of ether oxygens (including phenoxy) is 1. The van der Waals surface area contributed by atoms with Crippen molar-refractivity contribution in [3.05, 3.63) is 35.4 Å². The number of piperidine rings is 1. The first-order valence-corrected chi connectivity index (χ1v) is 10.1. The highest BCUT2D eigenvalue weighted by molar-refractivity contribution is 5.22. The van der Waals surface area contributed by atoms with Crippen molar-refractivity contribution in [3.8, 4) is 0 Å². The van der Waals surface area contributed by atoms with Crippen LogP contribution in [0.15, 0.2) is 24.3 Å². The minimum atomic E-state index is 0.488. The summed E-state index contributed by atoms with van der Waals surface area (Å²) in [6.45, 7) is 5.85. The topological polar surface area (TPSA) is 12.5 Å². The molecule has 0 unspecified atom stereocenters. The van der Waals surface area contributed by atoms with Crippen LogP contribution in [-0.2, 0) is 17.6 Å². The van der Waals surface area contributed by atoms with Gasteiger partial charge in [0.25, 0.3) is 0 Å². The van der Waals surface area contributed by atoms with Crippen molar-refractivity contribution < 1.29 is 4.74 Å². The van der Waals surface area contributed by atoms with Crippen LogP contribution in [0.2, 0.25) is 0 Å². The molecule has 1 fully saturated rings. The predicted octanol–water partition coefficient (Wildman–Crippen LogP) is 5.24. The highest BCUT2D eigenvalue weighted by atomic mass is 16.5. The van der Waals surface area contributed by atoms with Crippen molar-refractivity contribution in [1.29, 1.82) is 0 Å². The molecule has 0 amide bonds. The fourth-order valence-electron chi connectivity index (χ4n) is 3.64. The maximum atomic E-state index is 5.45. The van der Waals surface area contributed by atoms with Crippen LogP contribution in [-0.4, -0.2) is 37.7 Å². The molecule has 136 valence electrons. The Hall–Kier alpha value is -0.860. The molecular formula is C22H37NO. The van der Waals surface area contributed by atoms with Gasteiger partial charge in [0.1, 0.15) is 0 Å². The summed E-state index contributed by atoms with van der Waals surface area (Å²) in [5.41, 5.74) is 2.99. The van der Waals surface area contributed by atoms with Gasteiger partial charge in [-0.2, -0.15) is 0 Å². The molecule has 2 nitrogen and oxygen atoms in total. The van der Waals surface area contributed by atoms with Gasteiger partial charge in [0, 0.05) is 26.7 Å². The van der Waals surface area contributed by atoms with Crippen molar-refractivity contribution in [3.63, 3.8) is 0 Å². The number of unbranched alkanes of at least 4 members (excludes halogenated alkanes) is 5. The maximum Gasteiger partial charge on any atom is 0.0595 e. The quantitative estimate of drug-likeness (QED) is 0.514. The molecule has 0 saturated carbocycles. The minimum Gasteiger partial charge on any atom is -0.381 e. The Kier molecular flexibility index (Phi) is 9.45. The average molecular weight is 332 g/mol. The molecule has 0 N–H and O–H groups in total. The molecule has 0 atom stereocenters. The summed E-state index contributed by atoms with van der Waals surface area (Å²) in [5.74, 6) is 0. The highest BCUT2D eigenvalue weighted by Gasteiger charge is 2.17. The lowest BCUT2D eigenvalue weighted by atomic mass is 10.0. The molecule has 1 aliphatic heterocycles. The van der Waals surface area contributed by atoms with E-state index in [4.69, 9.17) is 4.74 Å². The van der Waals surface area contributed by atoms with Gasteiger partial charge in [-0.05, 0) is 43.2 Å². The second-order valence-electron chi connectivity index (χ2n) is 7.36. The second-order valence-corrected chi connectivity index (χ2v) is 7.36. The molecule has 0 aliphatic carbocycles. The van der Waals surface area contributed by atoms with Crippen LogP contribution in [0.3, 0.4) is 0 Å². The third kappa shape index (κ3) is 7.36. The number of hydrogen-bond donors (Lipinski definition) is 0. The first-order chi connectivity index (χ1) is 11.8. The minimum absolute atomic E-state index is 0.488. The number of nitrogens with zero attached hydrogens (tertiary/aromatic N) is 1. The summed E-state index contributed by atoms with van der Waals surface area (Å²) >= 11 is 0. The van der Waals surface area contributed by atoms with Gasteiger partial charge in [-0.15, -0.1) is 0 Å². The predicted molar refractivity (Wildman–Crippen MR) is 104 cm³/mol. The summed E-state index contributed by atoms with van der Waals surface area (Å²) in [5, 5.41) is 0. The van der Waals surface area contributed by atoms with Crippen LogP contribution in [0.5, 0.6) is 0 Å². The van der Waals surface area contributed by atoms with Gasteiger partial charge in [-0.1, -0.05) is 63.3 Å². The average Bonchev–Trinajstić information content (AvgIpc) is 2.64. The van der Waals surface area contributed by atoms with Crippen LogP contribution in [0.25, 0.3) is 0 Å². The summed E-state index contributed by atoms with van der Waals surface area (Å²) < 4.78 is 5.45. The molecular weight excluding hydrogens is 294 g/mol. The van der Waals surface area contributed by atoms with Crippen LogP contribution in [0.4, 0.5) is 0 Å². The summed E-state index contributed by atoms with van der Waals surface area (Å²) in [6, 6.07) is 9.37. The van der Waals surface area contributed by atoms with Gasteiger partial charge in [-0.3, -0.25) is 0 Å². The molecule has 0 aromatic heterocycles. The first-order valence-electron chi connectivity index (χ1n) is 10.1. The van der Waals surface area contributed by atoms with E-state index in [0.717, 1.165) is 0 Å². The van der Waals surface area contributed by atoms with E-state index in [9.17, 15) is 0 Å². The van der Waals surface area contributed by atoms with E-state index in [1.165, 1.54) is 95.0 Å². The van der Waals surface area contributed by atoms with Gasteiger partial charge >= 0.3 is 0 Å². The summed E-state index contributed by atoms with van der Waals surface area (Å²) in [4.78, 5) is 2.58. The maximum absolute atomic E-state index is 5.45. The van der Waals surface area contributed by atoms with Gasteiger partial charge in [-0.25, -0.2) is 0 Å². The molecule has 0 spiro atoms. The van der Waals surface area contributed by atoms with E-state index < -0.39 is 0 Å². The van der Waals surface area contributed by atoms with Crippen LogP contribution in [0.1, 0.15) is 69.4 Å². The van der Waals surface area contributed by atoms with Crippen molar-refractivity contribution in [2.75, 3.05) is 26.7 Å². The first kappa shape index (κ1) is 19.5. The standard InChI is InChI=1S/C22H37NO/c1-3-4-5-6-7-8-9-20-10-12-21(13-11-20)14-17-23-18-15-22(24-2)16-19-23/h10-13,22H,3-9,14-19H2,1-2H3. The number of benzene rings is 1. The number of methoxy groups -OCH3 is 1. The fraction of sp³-hybridized carbons (Fsp3) is 0.727. The van der Waals surface area contributed by atoms with E-state index in [1.807, 2.05) is 7.11 Å². The van der Waals surface area contributed by atoms with Crippen LogP contribution >= 0.6 is 0 Å². The van der Waals surface area contributed by atoms with E-state index in [1.54, 1.807) is 0 Å². The second kappa shape index (κ2) is 11.7. The summed E-state index contributed by atoms with van der Waals surface area (Å²) in [6.07, 6.45) is 13.6. The Morgan fingerprint density at radius 1 is 0.875 bits per heavy atom. The lowest BCUT2D eigenvalue weighted by Gasteiger charge is -2.31. The number of hydrogen-bond acceptors (Lipinski definition) is 2. The van der Waals surface area contributed by atoms with E-state index in [-0.39, 0.29) is 0 Å². The van der Waals surface area contributed by atoms with Crippen molar-refractivity contribution in [2.24, 2.45) is 0 Å². The third-order valence-electron chi connectivity index (χ3n) is 5.43. The van der Waals surface area contributed by atoms with E-state index >= 15 is 0 Å².